The molecular formula is C26H23F3N6O5S. The molecule has 11 nitrogen and oxygen atoms in total. The second-order valence-electron chi connectivity index (χ2n) is 7.97. The van der Waals surface area contributed by atoms with Crippen LogP contribution in [0.2, 0.25) is 0 Å². The van der Waals surface area contributed by atoms with Crippen molar-refractivity contribution in [2.45, 2.75) is 11.1 Å². The lowest BCUT2D eigenvalue weighted by Gasteiger charge is -2.10. The monoisotopic (exact) mass is 588 g/mol. The summed E-state index contributed by atoms with van der Waals surface area (Å²) in [6.07, 6.45) is -3.69. The molecule has 0 aliphatic heterocycles. The van der Waals surface area contributed by atoms with Crippen LogP contribution in [-0.2, 0) is 14.8 Å². The van der Waals surface area contributed by atoms with Crippen molar-refractivity contribution in [3.05, 3.63) is 96.8 Å². The van der Waals surface area contributed by atoms with Crippen molar-refractivity contribution in [2.75, 3.05) is 23.0 Å². The Kier molecular flexibility index (Phi) is 9.95. The number of para-hydroxylation sites is 1. The highest BCUT2D eigenvalue weighted by Gasteiger charge is 2.38. The van der Waals surface area contributed by atoms with Gasteiger partial charge in [-0.3, -0.25) is 4.79 Å². The van der Waals surface area contributed by atoms with Crippen molar-refractivity contribution in [2.24, 2.45) is 0 Å². The molecule has 4 rings (SSSR count). The third-order valence-corrected chi connectivity index (χ3v) is 6.46. The molecule has 15 heteroatoms. The van der Waals surface area contributed by atoms with Crippen LogP contribution in [0.4, 0.5) is 41.9 Å². The summed E-state index contributed by atoms with van der Waals surface area (Å²) in [5.41, 5.74) is 2.55. The van der Waals surface area contributed by atoms with Gasteiger partial charge >= 0.3 is 12.1 Å². The Morgan fingerprint density at radius 2 is 1.34 bits per heavy atom. The number of carboxylic acid groups (broad SMARTS) is 1. The lowest BCUT2D eigenvalue weighted by Crippen LogP contribution is -2.21. The number of nitrogens with one attached hydrogen (secondary N) is 4. The Morgan fingerprint density at radius 1 is 0.780 bits per heavy atom. The predicted molar refractivity (Wildman–Crippen MR) is 146 cm³/mol. The number of carboxylic acids is 1. The summed E-state index contributed by atoms with van der Waals surface area (Å²) in [6.45, 7) is 0. The number of rotatable bonds is 8. The Bertz CT molecular complexity index is 1600. The van der Waals surface area contributed by atoms with E-state index >= 15 is 0 Å². The van der Waals surface area contributed by atoms with Gasteiger partial charge in [-0.25, -0.2) is 27.9 Å². The smallest absolute Gasteiger partial charge is 0.475 e. The zero-order valence-electron chi connectivity index (χ0n) is 21.2. The van der Waals surface area contributed by atoms with Crippen molar-refractivity contribution in [3.8, 4) is 0 Å². The quantitative estimate of drug-likeness (QED) is 0.195. The Labute approximate surface area is 232 Å². The van der Waals surface area contributed by atoms with E-state index < -0.39 is 22.2 Å². The molecule has 0 aliphatic rings. The number of aliphatic carboxylic acids is 1. The van der Waals surface area contributed by atoms with Crippen LogP contribution >= 0.6 is 0 Å². The van der Waals surface area contributed by atoms with Gasteiger partial charge in [-0.05, 0) is 61.6 Å². The highest BCUT2D eigenvalue weighted by Crippen LogP contribution is 2.22. The second kappa shape index (κ2) is 13.4. The number of anilines is 5. The van der Waals surface area contributed by atoms with Crippen LogP contribution in [0.5, 0.6) is 0 Å². The summed E-state index contributed by atoms with van der Waals surface area (Å²) < 4.78 is 58.1. The Hall–Kier alpha value is -5.02. The molecule has 0 aliphatic carbocycles. The average molecular weight is 589 g/mol. The maximum Gasteiger partial charge on any atom is 0.490 e. The molecule has 5 N–H and O–H groups in total. The van der Waals surface area contributed by atoms with Gasteiger partial charge in [0.05, 0.1) is 4.90 Å². The Morgan fingerprint density at radius 3 is 1.90 bits per heavy atom. The van der Waals surface area contributed by atoms with Gasteiger partial charge in [-0.15, -0.1) is 0 Å². The van der Waals surface area contributed by atoms with Crippen molar-refractivity contribution in [3.63, 3.8) is 0 Å². The van der Waals surface area contributed by atoms with Crippen LogP contribution in [0, 0.1) is 0 Å². The minimum Gasteiger partial charge on any atom is -0.475 e. The number of carbonyl (C=O) groups is 2. The number of aromatic nitrogens is 2. The number of benzene rings is 3. The predicted octanol–water partition coefficient (Wildman–Crippen LogP) is 4.76. The van der Waals surface area contributed by atoms with Crippen LogP contribution < -0.4 is 20.7 Å². The first-order valence-corrected chi connectivity index (χ1v) is 13.0. The van der Waals surface area contributed by atoms with E-state index in [0.29, 0.717) is 22.9 Å². The molecule has 1 aromatic heterocycles. The molecule has 214 valence electrons. The summed E-state index contributed by atoms with van der Waals surface area (Å²) in [4.78, 5) is 29.8. The molecule has 0 saturated heterocycles. The minimum absolute atomic E-state index is 0.142. The van der Waals surface area contributed by atoms with E-state index in [1.807, 2.05) is 30.3 Å². The molecule has 0 spiro atoms. The standard InChI is InChI=1S/C24H22N6O3S.C2HF3O2/c1-25-34(32,33)21-9-5-8-20(14-21)29-23-15-22(26-16-27-23)28-19-12-10-17(11-13-19)24(31)30-18-6-3-2-4-7-18;3-2(4,5)1(6)7/h2-16,25H,1H3,(H,30,31)(H2,26,27,28,29);(H,6,7). The highest BCUT2D eigenvalue weighted by molar-refractivity contribution is 7.89. The van der Waals surface area contributed by atoms with E-state index in [1.54, 1.807) is 42.5 Å². The number of hydrogen-bond donors (Lipinski definition) is 5. The molecule has 0 fully saturated rings. The maximum absolute atomic E-state index is 12.4. The summed E-state index contributed by atoms with van der Waals surface area (Å²) in [5.74, 6) is -1.95. The fourth-order valence-electron chi connectivity index (χ4n) is 3.08. The first-order valence-electron chi connectivity index (χ1n) is 11.5. The van der Waals surface area contributed by atoms with E-state index in [4.69, 9.17) is 9.90 Å². The Balaban J connectivity index is 0.000000587. The van der Waals surface area contributed by atoms with Gasteiger partial charge in [-0.1, -0.05) is 24.3 Å². The molecule has 4 aromatic rings. The average Bonchev–Trinajstić information content (AvgIpc) is 2.94. The van der Waals surface area contributed by atoms with Gasteiger partial charge in [0.15, 0.2) is 0 Å². The molecule has 0 atom stereocenters. The summed E-state index contributed by atoms with van der Waals surface area (Å²) >= 11 is 0. The van der Waals surface area contributed by atoms with Gasteiger partial charge in [0, 0.05) is 28.7 Å². The molecule has 1 heterocycles. The summed E-state index contributed by atoms with van der Waals surface area (Å²) in [7, 11) is -2.19. The van der Waals surface area contributed by atoms with Gasteiger partial charge in [0.25, 0.3) is 5.91 Å². The highest BCUT2D eigenvalue weighted by atomic mass is 32.2. The second-order valence-corrected chi connectivity index (χ2v) is 9.86. The molecule has 0 unspecified atom stereocenters. The van der Waals surface area contributed by atoms with Crippen molar-refractivity contribution in [1.29, 1.82) is 0 Å². The first kappa shape index (κ1) is 30.5. The molecule has 3 aromatic carbocycles. The van der Waals surface area contributed by atoms with Crippen LogP contribution in [0.1, 0.15) is 10.4 Å². The first-order chi connectivity index (χ1) is 19.4. The van der Waals surface area contributed by atoms with E-state index in [2.05, 4.69) is 30.6 Å². The molecule has 1 amide bonds. The largest absolute Gasteiger partial charge is 0.490 e. The number of alkyl halides is 3. The molecule has 0 saturated carbocycles. The fraction of sp³-hybridized carbons (Fsp3) is 0.0769. The van der Waals surface area contributed by atoms with Gasteiger partial charge in [-0.2, -0.15) is 13.2 Å². The lowest BCUT2D eigenvalue weighted by atomic mass is 10.2. The summed E-state index contributed by atoms with van der Waals surface area (Å²) in [5, 5.41) is 16.2. The third kappa shape index (κ3) is 9.29. The van der Waals surface area contributed by atoms with Gasteiger partial charge < -0.3 is 21.1 Å². The molecule has 0 radical (unpaired) electrons. The van der Waals surface area contributed by atoms with Gasteiger partial charge in [0.2, 0.25) is 10.0 Å². The zero-order chi connectivity index (χ0) is 30.0. The van der Waals surface area contributed by atoms with Crippen molar-refractivity contribution < 1.29 is 36.3 Å². The number of hydrogen-bond acceptors (Lipinski definition) is 8. The van der Waals surface area contributed by atoms with E-state index in [9.17, 15) is 26.4 Å². The number of amides is 1. The molecule has 0 bridgehead atoms. The van der Waals surface area contributed by atoms with Gasteiger partial charge in [0.1, 0.15) is 18.0 Å². The topological polar surface area (TPSA) is 162 Å². The van der Waals surface area contributed by atoms with Crippen LogP contribution in [0.15, 0.2) is 96.2 Å². The third-order valence-electron chi connectivity index (χ3n) is 5.05. The van der Waals surface area contributed by atoms with Crippen molar-refractivity contribution >= 4 is 50.6 Å². The normalized spacial score (nSPS) is 11.0. The number of halogens is 3. The molecule has 41 heavy (non-hydrogen) atoms. The maximum atomic E-state index is 12.4. The van der Waals surface area contributed by atoms with Crippen molar-refractivity contribution in [1.82, 2.24) is 14.7 Å². The van der Waals surface area contributed by atoms with E-state index in [1.165, 1.54) is 25.5 Å². The number of carbonyl (C=O) groups excluding carboxylic acids is 1. The summed E-state index contributed by atoms with van der Waals surface area (Å²) in [6, 6.07) is 24.3. The minimum atomic E-state index is -5.08. The van der Waals surface area contributed by atoms with Crippen LogP contribution in [0.3, 0.4) is 0 Å². The number of sulfonamides is 1. The molecular weight excluding hydrogens is 565 g/mol. The fourth-order valence-corrected chi connectivity index (χ4v) is 3.85. The number of nitrogens with zero attached hydrogens (tertiary/aromatic N) is 2. The van der Waals surface area contributed by atoms with Crippen LogP contribution in [0.25, 0.3) is 0 Å². The SMILES string of the molecule is CNS(=O)(=O)c1cccc(Nc2cc(Nc3ccc(C(=O)Nc4ccccc4)cc3)ncn2)c1.O=C(O)C(F)(F)F. The lowest BCUT2D eigenvalue weighted by molar-refractivity contribution is -0.192. The van der Waals surface area contributed by atoms with Crippen LogP contribution in [-0.4, -0.2) is 48.6 Å². The zero-order valence-corrected chi connectivity index (χ0v) is 22.0. The van der Waals surface area contributed by atoms with E-state index in [-0.39, 0.29) is 10.8 Å². The van der Waals surface area contributed by atoms with E-state index in [0.717, 1.165) is 11.4 Å².